The van der Waals surface area contributed by atoms with Gasteiger partial charge in [0.2, 0.25) is 11.9 Å². The summed E-state index contributed by atoms with van der Waals surface area (Å²) >= 11 is 0. The Balaban J connectivity index is 1.24. The van der Waals surface area contributed by atoms with Crippen molar-refractivity contribution >= 4 is 23.4 Å². The molecular formula is C22H28N6O4. The summed E-state index contributed by atoms with van der Waals surface area (Å²) in [5.74, 6) is 2.02. The van der Waals surface area contributed by atoms with Gasteiger partial charge in [-0.3, -0.25) is 14.8 Å². The molecule has 2 saturated carbocycles. The number of aliphatic hydroxyl groups excluding tert-OH is 1. The maximum Gasteiger partial charge on any atom is 0.256 e. The van der Waals surface area contributed by atoms with Crippen LogP contribution in [0.2, 0.25) is 0 Å². The van der Waals surface area contributed by atoms with Crippen LogP contribution in [-0.4, -0.2) is 63.1 Å². The fourth-order valence-electron chi connectivity index (χ4n) is 5.23. The number of hydrogen-bond donors (Lipinski definition) is 3. The van der Waals surface area contributed by atoms with Crippen LogP contribution in [0.1, 0.15) is 50.5 Å². The van der Waals surface area contributed by atoms with Crippen molar-refractivity contribution in [2.75, 3.05) is 30.0 Å². The van der Waals surface area contributed by atoms with Gasteiger partial charge in [-0.1, -0.05) is 0 Å². The molecule has 0 bridgehead atoms. The first kappa shape index (κ1) is 19.9. The van der Waals surface area contributed by atoms with Crippen molar-refractivity contribution in [2.24, 2.45) is 5.92 Å². The maximum atomic E-state index is 13.4. The van der Waals surface area contributed by atoms with Crippen molar-refractivity contribution in [3.05, 3.63) is 18.0 Å². The molecule has 2 aliphatic carbocycles. The van der Waals surface area contributed by atoms with E-state index in [1.54, 1.807) is 12.4 Å². The van der Waals surface area contributed by atoms with E-state index in [1.807, 2.05) is 4.90 Å². The highest BCUT2D eigenvalue weighted by molar-refractivity contribution is 6.09. The minimum atomic E-state index is -0.455. The second-order valence-electron chi connectivity index (χ2n) is 9.43. The molecule has 2 aromatic rings. The van der Waals surface area contributed by atoms with Gasteiger partial charge >= 0.3 is 0 Å². The van der Waals surface area contributed by atoms with Crippen molar-refractivity contribution in [3.8, 4) is 5.88 Å². The van der Waals surface area contributed by atoms with Crippen LogP contribution in [0.4, 0.5) is 17.5 Å². The molecule has 4 heterocycles. The van der Waals surface area contributed by atoms with Crippen LogP contribution >= 0.6 is 0 Å². The Kier molecular flexibility index (Phi) is 4.80. The number of H-pyrrole nitrogens is 1. The van der Waals surface area contributed by atoms with Crippen LogP contribution < -0.4 is 15.0 Å². The number of nitrogens with one attached hydrogen (secondary N) is 2. The Morgan fingerprint density at radius 2 is 2.25 bits per heavy atom. The molecule has 1 amide bonds. The number of aromatic amines is 1. The van der Waals surface area contributed by atoms with Crippen LogP contribution in [0.3, 0.4) is 0 Å². The van der Waals surface area contributed by atoms with E-state index in [4.69, 9.17) is 14.5 Å². The van der Waals surface area contributed by atoms with E-state index in [2.05, 4.69) is 20.5 Å². The minimum absolute atomic E-state index is 0.0193. The van der Waals surface area contributed by atoms with Crippen LogP contribution in [-0.2, 0) is 14.9 Å². The summed E-state index contributed by atoms with van der Waals surface area (Å²) in [4.78, 5) is 24.5. The van der Waals surface area contributed by atoms with E-state index in [1.165, 1.54) is 0 Å². The van der Waals surface area contributed by atoms with Gasteiger partial charge in [-0.15, -0.1) is 5.10 Å². The van der Waals surface area contributed by atoms with Gasteiger partial charge in [-0.2, -0.15) is 4.98 Å². The molecule has 32 heavy (non-hydrogen) atoms. The molecule has 3 fully saturated rings. The van der Waals surface area contributed by atoms with Crippen LogP contribution in [0.5, 0.6) is 5.88 Å². The molecule has 4 aliphatic rings. The minimum Gasteiger partial charge on any atom is -0.475 e. The average molecular weight is 441 g/mol. The summed E-state index contributed by atoms with van der Waals surface area (Å²) in [5, 5.41) is 20.4. The van der Waals surface area contributed by atoms with E-state index >= 15 is 0 Å². The van der Waals surface area contributed by atoms with Gasteiger partial charge in [0.05, 0.1) is 24.7 Å². The van der Waals surface area contributed by atoms with Crippen molar-refractivity contribution < 1.29 is 19.4 Å². The number of aliphatic hydroxyl groups is 1. The lowest BCUT2D eigenvalue weighted by molar-refractivity contribution is -0.121. The van der Waals surface area contributed by atoms with Gasteiger partial charge in [0.1, 0.15) is 11.5 Å². The number of fused-ring (bicyclic) bond motifs is 2. The van der Waals surface area contributed by atoms with Gasteiger partial charge in [0.25, 0.3) is 5.88 Å². The monoisotopic (exact) mass is 440 g/mol. The highest BCUT2D eigenvalue weighted by Crippen LogP contribution is 2.57. The third-order valence-electron chi connectivity index (χ3n) is 7.21. The van der Waals surface area contributed by atoms with Gasteiger partial charge in [-0.05, 0) is 44.9 Å². The fourth-order valence-corrected chi connectivity index (χ4v) is 5.23. The van der Waals surface area contributed by atoms with E-state index in [0.29, 0.717) is 48.9 Å². The Labute approximate surface area is 185 Å². The summed E-state index contributed by atoms with van der Waals surface area (Å²) < 4.78 is 11.3. The molecule has 1 saturated heterocycles. The van der Waals surface area contributed by atoms with E-state index in [9.17, 15) is 9.90 Å². The maximum absolute atomic E-state index is 13.4. The third-order valence-corrected chi connectivity index (χ3v) is 7.21. The lowest BCUT2D eigenvalue weighted by Gasteiger charge is -2.33. The lowest BCUT2D eigenvalue weighted by atomic mass is 9.92. The Morgan fingerprint density at radius 3 is 3.03 bits per heavy atom. The highest BCUT2D eigenvalue weighted by Gasteiger charge is 2.61. The standard InChI is InChI=1S/C22H28N6O4/c29-15-3-1-2-14(8-15)28-18-16(22(5-6-22)20(28)30)9-23-21(26-18)25-17-10-24-27-19(17)32-12-13-4-7-31-11-13/h9-10,13-15,29H,1-8,11-12H2,(H,24,27)(H,23,25,26)/t13-,14-,15-/m1/s1. The van der Waals surface area contributed by atoms with E-state index < -0.39 is 5.41 Å². The molecule has 170 valence electrons. The quantitative estimate of drug-likeness (QED) is 0.623. The second kappa shape index (κ2) is 7.70. The smallest absolute Gasteiger partial charge is 0.256 e. The second-order valence-corrected chi connectivity index (χ2v) is 9.43. The van der Waals surface area contributed by atoms with Crippen LogP contribution in [0.25, 0.3) is 0 Å². The Morgan fingerprint density at radius 1 is 1.34 bits per heavy atom. The average Bonchev–Trinajstić information content (AvgIpc) is 3.11. The zero-order chi connectivity index (χ0) is 21.7. The highest BCUT2D eigenvalue weighted by atomic mass is 16.5. The molecule has 10 nitrogen and oxygen atoms in total. The number of amides is 1. The number of hydrogen-bond acceptors (Lipinski definition) is 8. The van der Waals surface area contributed by atoms with Gasteiger partial charge in [0, 0.05) is 36.5 Å². The molecule has 1 spiro atoms. The number of rotatable bonds is 6. The Bertz CT molecular complexity index is 1020. The number of aromatic nitrogens is 4. The predicted molar refractivity (Wildman–Crippen MR) is 115 cm³/mol. The molecule has 3 N–H and O–H groups in total. The molecule has 2 aliphatic heterocycles. The summed E-state index contributed by atoms with van der Waals surface area (Å²) in [6, 6.07) is -0.0193. The van der Waals surface area contributed by atoms with Crippen molar-refractivity contribution in [1.29, 1.82) is 0 Å². The number of nitrogens with zero attached hydrogens (tertiary/aromatic N) is 4. The lowest BCUT2D eigenvalue weighted by Crippen LogP contribution is -2.44. The molecule has 10 heteroatoms. The number of ether oxygens (including phenoxy) is 2. The first-order valence-electron chi connectivity index (χ1n) is 11.5. The van der Waals surface area contributed by atoms with Crippen LogP contribution in [0, 0.1) is 5.92 Å². The van der Waals surface area contributed by atoms with Crippen molar-refractivity contribution in [2.45, 2.75) is 62.5 Å². The van der Waals surface area contributed by atoms with Crippen molar-refractivity contribution in [3.63, 3.8) is 0 Å². The summed E-state index contributed by atoms with van der Waals surface area (Å²) in [6.45, 7) is 2.03. The molecule has 3 atom stereocenters. The molecular weight excluding hydrogens is 412 g/mol. The first-order valence-corrected chi connectivity index (χ1v) is 11.5. The molecule has 6 rings (SSSR count). The van der Waals surface area contributed by atoms with E-state index in [-0.39, 0.29) is 18.1 Å². The first-order chi connectivity index (χ1) is 15.6. The fraction of sp³-hybridized carbons (Fsp3) is 0.636. The largest absolute Gasteiger partial charge is 0.475 e. The zero-order valence-corrected chi connectivity index (χ0v) is 17.9. The normalized spacial score (nSPS) is 28.2. The molecule has 0 radical (unpaired) electrons. The zero-order valence-electron chi connectivity index (χ0n) is 17.9. The van der Waals surface area contributed by atoms with E-state index in [0.717, 1.165) is 50.7 Å². The number of anilines is 3. The third kappa shape index (κ3) is 3.32. The Hall–Kier alpha value is -2.72. The predicted octanol–water partition coefficient (Wildman–Crippen LogP) is 2.04. The summed E-state index contributed by atoms with van der Waals surface area (Å²) in [7, 11) is 0. The molecule has 0 unspecified atom stereocenters. The van der Waals surface area contributed by atoms with Gasteiger partial charge in [0.15, 0.2) is 0 Å². The number of carbonyl (C=O) groups excluding carboxylic acids is 1. The van der Waals surface area contributed by atoms with Crippen molar-refractivity contribution in [1.82, 2.24) is 20.2 Å². The topological polar surface area (TPSA) is 125 Å². The SMILES string of the molecule is O=C1N([C@@H]2CCC[C@@H](O)C2)c2nc(Nc3c[nH]nc3OC[C@@H]3CCOC3)ncc2C12CC2. The van der Waals surface area contributed by atoms with Crippen LogP contribution in [0.15, 0.2) is 12.4 Å². The summed E-state index contributed by atoms with van der Waals surface area (Å²) in [5.41, 5.74) is 1.11. The van der Waals surface area contributed by atoms with Gasteiger partial charge in [-0.25, -0.2) is 4.98 Å². The number of carbonyl (C=O) groups is 1. The van der Waals surface area contributed by atoms with Gasteiger partial charge < -0.3 is 19.9 Å². The molecule has 0 aromatic carbocycles. The summed E-state index contributed by atoms with van der Waals surface area (Å²) in [6.07, 6.45) is 8.98. The molecule has 2 aromatic heterocycles.